The summed E-state index contributed by atoms with van der Waals surface area (Å²) in [6.45, 7) is 0.656. The van der Waals surface area contributed by atoms with Crippen LogP contribution in [-0.2, 0) is 6.42 Å². The van der Waals surface area contributed by atoms with Crippen LogP contribution in [-0.4, -0.2) is 25.8 Å². The lowest BCUT2D eigenvalue weighted by molar-refractivity contribution is 0.316. The Balaban J connectivity index is 1.82. The van der Waals surface area contributed by atoms with Crippen molar-refractivity contribution in [1.82, 2.24) is 4.98 Å². The SMILES string of the molecule is COc1ccc(-c2nc3c4c(cccc4c2-c2ccc(OC)cc2)OCC3)cc1. The number of aromatic nitrogens is 1. The zero-order valence-electron chi connectivity index (χ0n) is 16.4. The first-order chi connectivity index (χ1) is 14.3. The van der Waals surface area contributed by atoms with Crippen LogP contribution in [0.1, 0.15) is 5.69 Å². The standard InChI is InChI=1S/C25H21NO3/c1-27-18-10-6-16(7-11-18)23-20-4-3-5-22-24(20)21(14-15-29-22)26-25(23)17-8-12-19(28-2)13-9-17/h3-13H,14-15H2,1-2H3. The highest BCUT2D eigenvalue weighted by Crippen LogP contribution is 2.42. The second kappa shape index (κ2) is 7.13. The monoisotopic (exact) mass is 383 g/mol. The van der Waals surface area contributed by atoms with Crippen molar-refractivity contribution in [3.63, 3.8) is 0 Å². The van der Waals surface area contributed by atoms with Crippen LogP contribution in [0.25, 0.3) is 33.2 Å². The summed E-state index contributed by atoms with van der Waals surface area (Å²) in [5, 5.41) is 2.27. The Bertz CT molecular complexity index is 1180. The van der Waals surface area contributed by atoms with Gasteiger partial charge >= 0.3 is 0 Å². The van der Waals surface area contributed by atoms with E-state index < -0.39 is 0 Å². The van der Waals surface area contributed by atoms with Crippen molar-refractivity contribution < 1.29 is 14.2 Å². The van der Waals surface area contributed by atoms with Crippen molar-refractivity contribution in [2.75, 3.05) is 20.8 Å². The summed E-state index contributed by atoms with van der Waals surface area (Å²) in [5.74, 6) is 2.57. The second-order valence-electron chi connectivity index (χ2n) is 7.02. The van der Waals surface area contributed by atoms with Crippen molar-refractivity contribution in [1.29, 1.82) is 0 Å². The lowest BCUT2D eigenvalue weighted by Gasteiger charge is -2.22. The number of methoxy groups -OCH3 is 2. The smallest absolute Gasteiger partial charge is 0.128 e. The highest BCUT2D eigenvalue weighted by Gasteiger charge is 2.22. The number of rotatable bonds is 4. The van der Waals surface area contributed by atoms with Crippen LogP contribution in [0.4, 0.5) is 0 Å². The summed E-state index contributed by atoms with van der Waals surface area (Å²) in [6, 6.07) is 22.5. The fourth-order valence-electron chi connectivity index (χ4n) is 3.98. The summed E-state index contributed by atoms with van der Waals surface area (Å²) < 4.78 is 16.6. The van der Waals surface area contributed by atoms with Crippen molar-refractivity contribution >= 4 is 10.8 Å². The van der Waals surface area contributed by atoms with E-state index in [0.29, 0.717) is 6.61 Å². The van der Waals surface area contributed by atoms with Crippen LogP contribution in [0, 0.1) is 0 Å². The van der Waals surface area contributed by atoms with E-state index in [1.54, 1.807) is 14.2 Å². The number of pyridine rings is 1. The third-order valence-electron chi connectivity index (χ3n) is 5.41. The molecule has 4 nitrogen and oxygen atoms in total. The molecule has 4 aromatic rings. The molecular weight excluding hydrogens is 362 g/mol. The topological polar surface area (TPSA) is 40.6 Å². The molecule has 5 rings (SSSR count). The van der Waals surface area contributed by atoms with Crippen molar-refractivity contribution in [2.45, 2.75) is 6.42 Å². The van der Waals surface area contributed by atoms with E-state index in [9.17, 15) is 0 Å². The van der Waals surface area contributed by atoms with E-state index in [2.05, 4.69) is 36.4 Å². The van der Waals surface area contributed by atoms with Gasteiger partial charge in [0.2, 0.25) is 0 Å². The minimum atomic E-state index is 0.656. The van der Waals surface area contributed by atoms with Gasteiger partial charge in [0.25, 0.3) is 0 Å². The first-order valence-electron chi connectivity index (χ1n) is 9.66. The van der Waals surface area contributed by atoms with Gasteiger partial charge in [-0.25, -0.2) is 0 Å². The molecular formula is C25H21NO3. The van der Waals surface area contributed by atoms with Crippen LogP contribution in [0.3, 0.4) is 0 Å². The molecule has 144 valence electrons. The minimum absolute atomic E-state index is 0.656. The molecule has 3 aromatic carbocycles. The molecule has 4 heteroatoms. The molecule has 0 N–H and O–H groups in total. The summed E-state index contributed by atoms with van der Waals surface area (Å²) in [4.78, 5) is 5.12. The number of hydrogen-bond acceptors (Lipinski definition) is 4. The number of nitrogens with zero attached hydrogens (tertiary/aromatic N) is 1. The molecule has 0 fully saturated rings. The molecule has 0 aliphatic carbocycles. The first kappa shape index (κ1) is 17.6. The zero-order valence-corrected chi connectivity index (χ0v) is 16.4. The average Bonchev–Trinajstić information content (AvgIpc) is 2.79. The van der Waals surface area contributed by atoms with Gasteiger partial charge in [0.1, 0.15) is 17.2 Å². The predicted molar refractivity (Wildman–Crippen MR) is 115 cm³/mol. The van der Waals surface area contributed by atoms with Gasteiger partial charge in [0.05, 0.1) is 32.2 Å². The summed E-state index contributed by atoms with van der Waals surface area (Å²) in [5.41, 5.74) is 5.32. The molecule has 0 bridgehead atoms. The third kappa shape index (κ3) is 2.97. The summed E-state index contributed by atoms with van der Waals surface area (Å²) in [7, 11) is 3.36. The lowest BCUT2D eigenvalue weighted by atomic mass is 9.91. The molecule has 0 amide bonds. The van der Waals surface area contributed by atoms with Gasteiger partial charge in [-0.3, -0.25) is 4.98 Å². The largest absolute Gasteiger partial charge is 0.497 e. The Kier molecular flexibility index (Phi) is 4.32. The van der Waals surface area contributed by atoms with Crippen molar-refractivity contribution in [2.24, 2.45) is 0 Å². The van der Waals surface area contributed by atoms with Gasteiger partial charge in [-0.15, -0.1) is 0 Å². The molecule has 1 aliphatic heterocycles. The molecule has 0 radical (unpaired) electrons. The molecule has 1 aromatic heterocycles. The molecule has 2 heterocycles. The maximum atomic E-state index is 5.92. The average molecular weight is 383 g/mol. The Labute approximate surface area is 169 Å². The molecule has 0 saturated heterocycles. The number of benzene rings is 3. The van der Waals surface area contributed by atoms with Gasteiger partial charge in [-0.05, 0) is 53.4 Å². The van der Waals surface area contributed by atoms with E-state index in [4.69, 9.17) is 19.2 Å². The Hall–Kier alpha value is -3.53. The third-order valence-corrected chi connectivity index (χ3v) is 5.41. The van der Waals surface area contributed by atoms with E-state index >= 15 is 0 Å². The van der Waals surface area contributed by atoms with Crippen molar-refractivity contribution in [3.05, 3.63) is 72.4 Å². The quantitative estimate of drug-likeness (QED) is 0.465. The number of ether oxygens (including phenoxy) is 3. The zero-order chi connectivity index (χ0) is 19.8. The van der Waals surface area contributed by atoms with Crippen LogP contribution >= 0.6 is 0 Å². The van der Waals surface area contributed by atoms with Gasteiger partial charge in [-0.2, -0.15) is 0 Å². The highest BCUT2D eigenvalue weighted by atomic mass is 16.5. The van der Waals surface area contributed by atoms with Gasteiger partial charge in [0.15, 0.2) is 0 Å². The van der Waals surface area contributed by atoms with Crippen LogP contribution in [0.5, 0.6) is 17.2 Å². The van der Waals surface area contributed by atoms with Crippen LogP contribution in [0.2, 0.25) is 0 Å². The van der Waals surface area contributed by atoms with Crippen molar-refractivity contribution in [3.8, 4) is 39.6 Å². The fraction of sp³-hybridized carbons (Fsp3) is 0.160. The molecule has 1 aliphatic rings. The van der Waals surface area contributed by atoms with Gasteiger partial charge < -0.3 is 14.2 Å². The molecule has 29 heavy (non-hydrogen) atoms. The molecule has 0 atom stereocenters. The van der Waals surface area contributed by atoms with E-state index in [0.717, 1.165) is 62.5 Å². The minimum Gasteiger partial charge on any atom is -0.497 e. The van der Waals surface area contributed by atoms with Gasteiger partial charge in [-0.1, -0.05) is 24.3 Å². The summed E-state index contributed by atoms with van der Waals surface area (Å²) >= 11 is 0. The van der Waals surface area contributed by atoms with E-state index in [1.165, 1.54) is 0 Å². The Morgan fingerprint density at radius 2 is 1.45 bits per heavy atom. The predicted octanol–water partition coefficient (Wildman–Crippen LogP) is 5.52. The number of hydrogen-bond donors (Lipinski definition) is 0. The fourth-order valence-corrected chi connectivity index (χ4v) is 3.98. The molecule has 0 unspecified atom stereocenters. The normalized spacial score (nSPS) is 12.5. The van der Waals surface area contributed by atoms with Gasteiger partial charge in [0, 0.05) is 22.9 Å². The van der Waals surface area contributed by atoms with Crippen LogP contribution in [0.15, 0.2) is 66.7 Å². The Morgan fingerprint density at radius 1 is 0.793 bits per heavy atom. The van der Waals surface area contributed by atoms with E-state index in [-0.39, 0.29) is 0 Å². The second-order valence-corrected chi connectivity index (χ2v) is 7.02. The maximum Gasteiger partial charge on any atom is 0.128 e. The molecule has 0 saturated carbocycles. The summed E-state index contributed by atoms with van der Waals surface area (Å²) in [6.07, 6.45) is 0.805. The molecule has 0 spiro atoms. The first-order valence-corrected chi connectivity index (χ1v) is 9.66. The Morgan fingerprint density at radius 3 is 2.10 bits per heavy atom. The lowest BCUT2D eigenvalue weighted by Crippen LogP contribution is -2.11. The highest BCUT2D eigenvalue weighted by molar-refractivity contribution is 6.06. The maximum absolute atomic E-state index is 5.92. The van der Waals surface area contributed by atoms with Crippen LogP contribution < -0.4 is 14.2 Å². The van der Waals surface area contributed by atoms with E-state index in [1.807, 2.05) is 30.3 Å².